The lowest BCUT2D eigenvalue weighted by Crippen LogP contribution is -2.32. The van der Waals surface area contributed by atoms with Gasteiger partial charge in [-0.25, -0.2) is 4.98 Å². The molecule has 0 spiro atoms. The zero-order chi connectivity index (χ0) is 15.0. The second-order valence-corrected chi connectivity index (χ2v) is 6.24. The fourth-order valence-corrected chi connectivity index (χ4v) is 3.61. The molecule has 2 N–H and O–H groups in total. The first-order valence-electron chi connectivity index (χ1n) is 7.48. The maximum atomic E-state index is 12.6. The van der Waals surface area contributed by atoms with Crippen molar-refractivity contribution in [1.29, 1.82) is 0 Å². The van der Waals surface area contributed by atoms with Crippen molar-refractivity contribution >= 4 is 23.3 Å². The summed E-state index contributed by atoms with van der Waals surface area (Å²) in [6.07, 6.45) is 1.57. The van der Waals surface area contributed by atoms with E-state index in [1.807, 2.05) is 6.92 Å². The van der Waals surface area contributed by atoms with Gasteiger partial charge in [0.2, 0.25) is 0 Å². The molecule has 1 aromatic rings. The highest BCUT2D eigenvalue weighted by molar-refractivity contribution is 6.33. The van der Waals surface area contributed by atoms with Gasteiger partial charge in [-0.1, -0.05) is 11.6 Å². The maximum Gasteiger partial charge on any atom is 0.274 e. The number of nitrogens with zero attached hydrogens (tertiary/aromatic N) is 2. The van der Waals surface area contributed by atoms with Crippen molar-refractivity contribution in [3.05, 3.63) is 22.8 Å². The molecule has 0 radical (unpaired) electrons. The average molecular weight is 310 g/mol. The molecular formula is C15H20ClN3O2. The number of likely N-dealkylation sites (tertiary alicyclic amines) is 1. The molecule has 2 fully saturated rings. The Labute approximate surface area is 129 Å². The number of halogens is 1. The summed E-state index contributed by atoms with van der Waals surface area (Å²) in [5.41, 5.74) is 0.296. The van der Waals surface area contributed by atoms with Crippen LogP contribution in [0, 0.1) is 11.8 Å². The van der Waals surface area contributed by atoms with Gasteiger partial charge in [-0.15, -0.1) is 0 Å². The Bertz CT molecular complexity index is 552. The third kappa shape index (κ3) is 2.72. The minimum atomic E-state index is -0.274. The lowest BCUT2D eigenvalue weighted by Gasteiger charge is -2.19. The van der Waals surface area contributed by atoms with Gasteiger partial charge in [-0.2, -0.15) is 0 Å². The number of aliphatic hydroxyl groups excluding tert-OH is 1. The van der Waals surface area contributed by atoms with Crippen molar-refractivity contribution in [2.75, 3.05) is 25.0 Å². The number of aliphatic hydroxyl groups is 1. The molecule has 1 aliphatic carbocycles. The number of anilines is 1. The summed E-state index contributed by atoms with van der Waals surface area (Å²) >= 11 is 6.13. The molecule has 21 heavy (non-hydrogen) atoms. The Morgan fingerprint density at radius 1 is 1.48 bits per heavy atom. The van der Waals surface area contributed by atoms with Crippen LogP contribution >= 0.6 is 11.6 Å². The van der Waals surface area contributed by atoms with Crippen LogP contribution in [0.2, 0.25) is 5.02 Å². The molecule has 1 saturated heterocycles. The predicted molar refractivity (Wildman–Crippen MR) is 81.5 cm³/mol. The molecule has 3 atom stereocenters. The molecule has 2 aliphatic rings. The molecular weight excluding hydrogens is 290 g/mol. The minimum Gasteiger partial charge on any atom is -0.393 e. The predicted octanol–water partition coefficient (Wildman–Crippen LogP) is 2.01. The van der Waals surface area contributed by atoms with Crippen LogP contribution in [0.1, 0.15) is 30.3 Å². The molecule has 0 bridgehead atoms. The first-order valence-corrected chi connectivity index (χ1v) is 7.85. The van der Waals surface area contributed by atoms with E-state index in [-0.39, 0.29) is 17.9 Å². The van der Waals surface area contributed by atoms with E-state index in [4.69, 9.17) is 11.6 Å². The molecule has 5 nitrogen and oxygen atoms in total. The van der Waals surface area contributed by atoms with Gasteiger partial charge in [0.15, 0.2) is 0 Å². The van der Waals surface area contributed by atoms with Crippen LogP contribution in [0.3, 0.4) is 0 Å². The number of nitrogens with one attached hydrogen (secondary N) is 1. The van der Waals surface area contributed by atoms with Crippen molar-refractivity contribution in [1.82, 2.24) is 9.88 Å². The summed E-state index contributed by atoms with van der Waals surface area (Å²) in [7, 11) is 0. The van der Waals surface area contributed by atoms with Crippen molar-refractivity contribution in [3.8, 4) is 0 Å². The molecule has 2 heterocycles. The molecule has 1 aliphatic heterocycles. The van der Waals surface area contributed by atoms with E-state index in [0.29, 0.717) is 35.5 Å². The quantitative estimate of drug-likeness (QED) is 0.896. The third-order valence-electron chi connectivity index (χ3n) is 4.51. The van der Waals surface area contributed by atoms with Crippen molar-refractivity contribution in [3.63, 3.8) is 0 Å². The number of fused-ring (bicyclic) bond motifs is 1. The van der Waals surface area contributed by atoms with E-state index in [1.54, 1.807) is 17.0 Å². The zero-order valence-corrected chi connectivity index (χ0v) is 12.8. The van der Waals surface area contributed by atoms with E-state index in [9.17, 15) is 9.90 Å². The number of pyridine rings is 1. The second kappa shape index (κ2) is 5.81. The number of aromatic nitrogens is 1. The Morgan fingerprint density at radius 2 is 2.29 bits per heavy atom. The molecule has 1 aromatic heterocycles. The molecule has 1 amide bonds. The average Bonchev–Trinajstić information content (AvgIpc) is 3.03. The Hall–Kier alpha value is -1.33. The summed E-state index contributed by atoms with van der Waals surface area (Å²) in [6, 6.07) is 3.47. The summed E-state index contributed by atoms with van der Waals surface area (Å²) in [6.45, 7) is 4.02. The van der Waals surface area contributed by atoms with Crippen LogP contribution in [-0.4, -0.2) is 46.6 Å². The highest BCUT2D eigenvalue weighted by Crippen LogP contribution is 2.38. The maximum absolute atomic E-state index is 12.6. The lowest BCUT2D eigenvalue weighted by atomic mass is 10.00. The first-order chi connectivity index (χ1) is 10.1. The van der Waals surface area contributed by atoms with E-state index in [1.165, 1.54) is 0 Å². The molecule has 3 unspecified atom stereocenters. The van der Waals surface area contributed by atoms with Gasteiger partial charge in [-0.3, -0.25) is 4.79 Å². The van der Waals surface area contributed by atoms with E-state index < -0.39 is 0 Å². The summed E-state index contributed by atoms with van der Waals surface area (Å²) < 4.78 is 0. The largest absolute Gasteiger partial charge is 0.393 e. The monoisotopic (exact) mass is 309 g/mol. The molecule has 6 heteroatoms. The van der Waals surface area contributed by atoms with Crippen LogP contribution in [0.5, 0.6) is 0 Å². The van der Waals surface area contributed by atoms with Crippen LogP contribution in [0.15, 0.2) is 12.1 Å². The SMILES string of the molecule is CCNc1ccc(Cl)c(C(=O)N2CC3CCC(O)C3C2)n1. The summed E-state index contributed by atoms with van der Waals surface area (Å²) in [5, 5.41) is 13.4. The summed E-state index contributed by atoms with van der Waals surface area (Å²) in [4.78, 5) is 18.7. The second-order valence-electron chi connectivity index (χ2n) is 5.84. The number of hydrogen-bond donors (Lipinski definition) is 2. The van der Waals surface area contributed by atoms with E-state index in [2.05, 4.69) is 10.3 Å². The highest BCUT2D eigenvalue weighted by Gasteiger charge is 2.43. The Morgan fingerprint density at radius 3 is 3.00 bits per heavy atom. The van der Waals surface area contributed by atoms with Gasteiger partial charge in [0.25, 0.3) is 5.91 Å². The smallest absolute Gasteiger partial charge is 0.274 e. The molecule has 0 aromatic carbocycles. The van der Waals surface area contributed by atoms with Gasteiger partial charge < -0.3 is 15.3 Å². The standard InChI is InChI=1S/C15H20ClN3O2/c1-2-17-13-6-4-11(16)14(18-13)15(21)19-7-9-3-5-12(20)10(9)8-19/h4,6,9-10,12,20H,2-3,5,7-8H2,1H3,(H,17,18). The number of hydrogen-bond acceptors (Lipinski definition) is 4. The number of rotatable bonds is 3. The van der Waals surface area contributed by atoms with E-state index in [0.717, 1.165) is 19.4 Å². The zero-order valence-electron chi connectivity index (χ0n) is 12.1. The molecule has 1 saturated carbocycles. The van der Waals surface area contributed by atoms with Crippen LogP contribution in [0.4, 0.5) is 5.82 Å². The third-order valence-corrected chi connectivity index (χ3v) is 4.82. The number of amides is 1. The van der Waals surface area contributed by atoms with Crippen molar-refractivity contribution in [2.45, 2.75) is 25.9 Å². The molecule has 114 valence electrons. The first kappa shape index (κ1) is 14.6. The molecule has 3 rings (SSSR count). The van der Waals surface area contributed by atoms with Crippen LogP contribution in [0.25, 0.3) is 0 Å². The Kier molecular flexibility index (Phi) is 4.04. The van der Waals surface area contributed by atoms with Crippen LogP contribution < -0.4 is 5.32 Å². The number of carbonyl (C=O) groups is 1. The highest BCUT2D eigenvalue weighted by atomic mass is 35.5. The summed E-state index contributed by atoms with van der Waals surface area (Å²) in [5.74, 6) is 1.15. The minimum absolute atomic E-state index is 0.138. The van der Waals surface area contributed by atoms with Gasteiger partial charge >= 0.3 is 0 Å². The Balaban J connectivity index is 1.78. The van der Waals surface area contributed by atoms with Gasteiger partial charge in [0, 0.05) is 25.6 Å². The van der Waals surface area contributed by atoms with Gasteiger partial charge in [0.05, 0.1) is 11.1 Å². The normalized spacial score (nSPS) is 27.8. The van der Waals surface area contributed by atoms with E-state index >= 15 is 0 Å². The van der Waals surface area contributed by atoms with Gasteiger partial charge in [-0.05, 0) is 37.8 Å². The fraction of sp³-hybridized carbons (Fsp3) is 0.600. The number of carbonyl (C=O) groups excluding carboxylic acids is 1. The fourth-order valence-electron chi connectivity index (χ4n) is 3.42. The van der Waals surface area contributed by atoms with Gasteiger partial charge in [0.1, 0.15) is 11.5 Å². The van der Waals surface area contributed by atoms with Crippen molar-refractivity contribution < 1.29 is 9.90 Å². The van der Waals surface area contributed by atoms with Crippen molar-refractivity contribution in [2.24, 2.45) is 11.8 Å². The van der Waals surface area contributed by atoms with Crippen LogP contribution in [-0.2, 0) is 0 Å². The topological polar surface area (TPSA) is 65.5 Å². The lowest BCUT2D eigenvalue weighted by molar-refractivity contribution is 0.0747.